The first-order chi connectivity index (χ1) is 16.3. The summed E-state index contributed by atoms with van der Waals surface area (Å²) in [6.07, 6.45) is -0.603. The van der Waals surface area contributed by atoms with Crippen molar-refractivity contribution in [1.82, 2.24) is 16.0 Å². The van der Waals surface area contributed by atoms with Gasteiger partial charge in [0.15, 0.2) is 0 Å². The Morgan fingerprint density at radius 1 is 0.886 bits per heavy atom. The molecule has 0 aliphatic carbocycles. The summed E-state index contributed by atoms with van der Waals surface area (Å²) in [7, 11) is 0. The minimum atomic E-state index is -1.51. The number of carboxylic acids is 2. The van der Waals surface area contributed by atoms with Crippen LogP contribution in [0.2, 0.25) is 0 Å². The number of phenols is 1. The smallest absolute Gasteiger partial charge is 0.326 e. The van der Waals surface area contributed by atoms with Gasteiger partial charge in [0.1, 0.15) is 23.9 Å². The molecule has 13 nitrogen and oxygen atoms in total. The maximum Gasteiger partial charge on any atom is 0.326 e. The van der Waals surface area contributed by atoms with E-state index in [4.69, 9.17) is 10.8 Å². The molecule has 0 fully saturated rings. The highest BCUT2D eigenvalue weighted by Crippen LogP contribution is 2.12. The van der Waals surface area contributed by atoms with Gasteiger partial charge in [-0.3, -0.25) is 19.2 Å². The van der Waals surface area contributed by atoms with Crippen molar-refractivity contribution in [3.8, 4) is 5.75 Å². The summed E-state index contributed by atoms with van der Waals surface area (Å²) in [5.74, 6) is -5.50. The van der Waals surface area contributed by atoms with Crippen molar-refractivity contribution in [2.24, 2.45) is 11.7 Å². The van der Waals surface area contributed by atoms with Gasteiger partial charge in [-0.15, -0.1) is 0 Å². The van der Waals surface area contributed by atoms with E-state index in [1.165, 1.54) is 24.3 Å². The van der Waals surface area contributed by atoms with Crippen LogP contribution in [0, 0.1) is 5.92 Å². The number of aliphatic hydroxyl groups is 1. The quantitative estimate of drug-likeness (QED) is 0.146. The summed E-state index contributed by atoms with van der Waals surface area (Å²) in [6, 6.07) is 0.468. The molecule has 3 amide bonds. The van der Waals surface area contributed by atoms with E-state index in [0.717, 1.165) is 0 Å². The first kappa shape index (κ1) is 29.3. The van der Waals surface area contributed by atoms with Crippen molar-refractivity contribution in [3.63, 3.8) is 0 Å². The van der Waals surface area contributed by atoms with Crippen LogP contribution in [0.5, 0.6) is 5.75 Å². The molecule has 0 radical (unpaired) electrons. The Bertz CT molecular complexity index is 905. The lowest BCUT2D eigenvalue weighted by Crippen LogP contribution is -2.59. The number of carbonyl (C=O) groups is 5. The van der Waals surface area contributed by atoms with Gasteiger partial charge in [-0.2, -0.15) is 0 Å². The number of aliphatic carboxylic acids is 2. The second kappa shape index (κ2) is 13.9. The number of aromatic hydroxyl groups is 1. The third kappa shape index (κ3) is 9.98. The van der Waals surface area contributed by atoms with Crippen molar-refractivity contribution < 1.29 is 44.4 Å². The third-order valence-corrected chi connectivity index (χ3v) is 5.06. The predicted octanol–water partition coefficient (Wildman–Crippen LogP) is -1.69. The van der Waals surface area contributed by atoms with E-state index in [-0.39, 0.29) is 25.0 Å². The molecule has 194 valence electrons. The minimum absolute atomic E-state index is 0.0117. The SMILES string of the molecule is CC(C)C(NC(=O)C(N)CCC(=O)O)C(=O)NC(CO)C(=O)NC(Cc1ccc(O)cc1)C(=O)O. The van der Waals surface area contributed by atoms with Gasteiger partial charge in [-0.25, -0.2) is 4.79 Å². The Morgan fingerprint density at radius 2 is 1.46 bits per heavy atom. The molecule has 0 aliphatic rings. The number of carboxylic acid groups (broad SMARTS) is 2. The van der Waals surface area contributed by atoms with Gasteiger partial charge >= 0.3 is 11.9 Å². The van der Waals surface area contributed by atoms with E-state index in [0.29, 0.717) is 5.56 Å². The molecule has 1 rings (SSSR count). The van der Waals surface area contributed by atoms with E-state index in [1.807, 2.05) is 0 Å². The van der Waals surface area contributed by atoms with Crippen LogP contribution in [0.15, 0.2) is 24.3 Å². The van der Waals surface area contributed by atoms with Crippen molar-refractivity contribution in [2.45, 2.75) is 57.3 Å². The number of nitrogens with two attached hydrogens (primary N) is 1. The zero-order valence-electron chi connectivity index (χ0n) is 19.4. The fourth-order valence-corrected chi connectivity index (χ4v) is 3.00. The highest BCUT2D eigenvalue weighted by Gasteiger charge is 2.31. The fourth-order valence-electron chi connectivity index (χ4n) is 3.00. The molecule has 13 heteroatoms. The van der Waals surface area contributed by atoms with Crippen LogP contribution in [0.4, 0.5) is 0 Å². The lowest BCUT2D eigenvalue weighted by atomic mass is 10.0. The largest absolute Gasteiger partial charge is 0.508 e. The molecule has 0 aliphatic heterocycles. The van der Waals surface area contributed by atoms with Gasteiger partial charge in [-0.1, -0.05) is 26.0 Å². The van der Waals surface area contributed by atoms with Crippen LogP contribution in [-0.2, 0) is 30.4 Å². The molecule has 4 atom stereocenters. The number of aliphatic hydroxyl groups excluding tert-OH is 1. The molecule has 0 spiro atoms. The summed E-state index contributed by atoms with van der Waals surface area (Å²) in [5.41, 5.74) is 6.18. The molecule has 0 aromatic heterocycles. The second-order valence-corrected chi connectivity index (χ2v) is 8.28. The van der Waals surface area contributed by atoms with Gasteiger partial charge in [0, 0.05) is 12.8 Å². The molecule has 0 saturated heterocycles. The molecule has 1 aromatic rings. The summed E-state index contributed by atoms with van der Waals surface area (Å²) in [6.45, 7) is 2.37. The van der Waals surface area contributed by atoms with Gasteiger partial charge < -0.3 is 42.1 Å². The van der Waals surface area contributed by atoms with Gasteiger partial charge in [0.2, 0.25) is 17.7 Å². The Morgan fingerprint density at radius 3 is 1.94 bits per heavy atom. The lowest BCUT2D eigenvalue weighted by molar-refractivity contribution is -0.142. The van der Waals surface area contributed by atoms with Crippen LogP contribution < -0.4 is 21.7 Å². The van der Waals surface area contributed by atoms with Gasteiger partial charge in [-0.05, 0) is 30.0 Å². The van der Waals surface area contributed by atoms with Crippen LogP contribution in [0.3, 0.4) is 0 Å². The number of hydrogen-bond acceptors (Lipinski definition) is 8. The molecular formula is C22H32N4O9. The van der Waals surface area contributed by atoms with Gasteiger partial charge in [0.05, 0.1) is 12.6 Å². The van der Waals surface area contributed by atoms with Gasteiger partial charge in [0.25, 0.3) is 0 Å². The number of nitrogens with one attached hydrogen (secondary N) is 3. The molecule has 1 aromatic carbocycles. The zero-order valence-corrected chi connectivity index (χ0v) is 19.4. The van der Waals surface area contributed by atoms with E-state index in [1.54, 1.807) is 13.8 Å². The van der Waals surface area contributed by atoms with E-state index < -0.39 is 66.4 Å². The fraction of sp³-hybridized carbons (Fsp3) is 0.500. The number of amides is 3. The average Bonchev–Trinajstić information content (AvgIpc) is 2.79. The Kier molecular flexibility index (Phi) is 11.6. The summed E-state index contributed by atoms with van der Waals surface area (Å²) in [4.78, 5) is 59.8. The molecule has 9 N–H and O–H groups in total. The number of rotatable bonds is 14. The highest BCUT2D eigenvalue weighted by molar-refractivity contribution is 5.94. The van der Waals surface area contributed by atoms with Crippen LogP contribution in [0.1, 0.15) is 32.3 Å². The number of hydrogen-bond donors (Lipinski definition) is 8. The lowest BCUT2D eigenvalue weighted by Gasteiger charge is -2.26. The Balaban J connectivity index is 2.83. The molecular weight excluding hydrogens is 464 g/mol. The van der Waals surface area contributed by atoms with Crippen LogP contribution in [-0.4, -0.2) is 80.9 Å². The van der Waals surface area contributed by atoms with Crippen molar-refractivity contribution >= 4 is 29.7 Å². The van der Waals surface area contributed by atoms with E-state index >= 15 is 0 Å². The third-order valence-electron chi connectivity index (χ3n) is 5.06. The number of phenolic OH excluding ortho intramolecular Hbond substituents is 1. The predicted molar refractivity (Wildman–Crippen MR) is 122 cm³/mol. The maximum atomic E-state index is 12.7. The summed E-state index contributed by atoms with van der Waals surface area (Å²) < 4.78 is 0. The Hall–Kier alpha value is -3.71. The van der Waals surface area contributed by atoms with E-state index in [2.05, 4.69) is 16.0 Å². The molecule has 4 unspecified atom stereocenters. The summed E-state index contributed by atoms with van der Waals surface area (Å²) in [5, 5.41) is 44.1. The van der Waals surface area contributed by atoms with Crippen molar-refractivity contribution in [1.29, 1.82) is 0 Å². The number of benzene rings is 1. The highest BCUT2D eigenvalue weighted by atomic mass is 16.4. The molecule has 0 heterocycles. The topological polar surface area (TPSA) is 228 Å². The average molecular weight is 497 g/mol. The first-order valence-electron chi connectivity index (χ1n) is 10.9. The summed E-state index contributed by atoms with van der Waals surface area (Å²) >= 11 is 0. The molecule has 0 saturated carbocycles. The zero-order chi connectivity index (χ0) is 26.7. The number of carbonyl (C=O) groups excluding carboxylic acids is 3. The monoisotopic (exact) mass is 496 g/mol. The second-order valence-electron chi connectivity index (χ2n) is 8.28. The molecule has 0 bridgehead atoms. The van der Waals surface area contributed by atoms with Crippen LogP contribution >= 0.6 is 0 Å². The maximum absolute atomic E-state index is 12.7. The van der Waals surface area contributed by atoms with Crippen molar-refractivity contribution in [2.75, 3.05) is 6.61 Å². The normalized spacial score (nSPS) is 14.3. The van der Waals surface area contributed by atoms with Crippen LogP contribution in [0.25, 0.3) is 0 Å². The standard InChI is InChI=1S/C22H32N4O9/c1-11(2)18(26-19(31)14(23)7-8-17(29)30)21(33)25-16(10-27)20(32)24-15(22(34)35)9-12-3-5-13(28)6-4-12/h3-6,11,14-16,18,27-28H,7-10,23H2,1-2H3,(H,24,32)(H,25,33)(H,26,31)(H,29,30)(H,34,35). The molecule has 35 heavy (non-hydrogen) atoms. The Labute approximate surface area is 201 Å². The first-order valence-corrected chi connectivity index (χ1v) is 10.9. The van der Waals surface area contributed by atoms with Crippen molar-refractivity contribution in [3.05, 3.63) is 29.8 Å². The van der Waals surface area contributed by atoms with E-state index in [9.17, 15) is 39.3 Å². The minimum Gasteiger partial charge on any atom is -0.508 e.